The monoisotopic (exact) mass is 219 g/mol. The summed E-state index contributed by atoms with van der Waals surface area (Å²) in [6, 6.07) is 0.270. The van der Waals surface area contributed by atoms with E-state index in [0.717, 1.165) is 32.1 Å². The van der Waals surface area contributed by atoms with Gasteiger partial charge in [0.05, 0.1) is 5.38 Å². The van der Waals surface area contributed by atoms with Crippen molar-refractivity contribution in [3.63, 3.8) is 0 Å². The molecular weight excluding hydrogens is 206 g/mol. The maximum Gasteiger partial charge on any atom is 0.207 e. The second-order valence-corrected chi connectivity index (χ2v) is 4.49. The van der Waals surface area contributed by atoms with Crippen molar-refractivity contribution in [3.05, 3.63) is 0 Å². The first kappa shape index (κ1) is 10.2. The second kappa shape index (κ2) is 4.04. The number of rotatable bonds is 2. The van der Waals surface area contributed by atoms with Gasteiger partial charge in [0.2, 0.25) is 6.41 Å². The molecule has 1 heterocycles. The molecule has 1 atom stereocenters. The minimum absolute atomic E-state index is 0.0559. The number of hydrogen-bond acceptors (Lipinski definition) is 3. The number of halogens is 1. The van der Waals surface area contributed by atoms with E-state index >= 15 is 0 Å². The molecule has 0 radical (unpaired) electrons. The zero-order chi connectivity index (χ0) is 10.0. The van der Waals surface area contributed by atoms with Gasteiger partial charge in [-0.1, -0.05) is 0 Å². The van der Waals surface area contributed by atoms with Crippen LogP contribution in [0.25, 0.3) is 0 Å². The maximum atomic E-state index is 10.3. The van der Waals surface area contributed by atoms with E-state index in [2.05, 4.69) is 5.32 Å². The lowest BCUT2D eigenvalue weighted by molar-refractivity contribution is -0.314. The van der Waals surface area contributed by atoms with Crippen molar-refractivity contribution in [1.29, 1.82) is 0 Å². The predicted molar refractivity (Wildman–Crippen MR) is 50.9 cm³/mol. The lowest BCUT2D eigenvalue weighted by Crippen LogP contribution is -2.45. The van der Waals surface area contributed by atoms with Crippen LogP contribution >= 0.6 is 11.6 Å². The summed E-state index contributed by atoms with van der Waals surface area (Å²) < 4.78 is 0. The fraction of sp³-hybridized carbons (Fsp3) is 0.889. The Morgan fingerprint density at radius 1 is 1.43 bits per heavy atom. The van der Waals surface area contributed by atoms with Gasteiger partial charge in [-0.3, -0.25) is 4.79 Å². The molecule has 1 spiro atoms. The van der Waals surface area contributed by atoms with Gasteiger partial charge in [0.25, 0.3) is 0 Å². The van der Waals surface area contributed by atoms with Crippen molar-refractivity contribution in [1.82, 2.24) is 5.32 Å². The van der Waals surface area contributed by atoms with Crippen molar-refractivity contribution in [2.45, 2.75) is 42.7 Å². The Kier molecular flexibility index (Phi) is 2.95. The molecule has 80 valence electrons. The van der Waals surface area contributed by atoms with Crippen LogP contribution in [0.3, 0.4) is 0 Å². The average Bonchev–Trinajstić information content (AvgIpc) is 2.53. The highest BCUT2D eigenvalue weighted by molar-refractivity contribution is 6.21. The Bertz CT molecular complexity index is 216. The Labute approximate surface area is 87.8 Å². The molecule has 2 aliphatic rings. The quantitative estimate of drug-likeness (QED) is 0.428. The van der Waals surface area contributed by atoms with E-state index in [4.69, 9.17) is 21.4 Å². The highest BCUT2D eigenvalue weighted by Crippen LogP contribution is 2.40. The van der Waals surface area contributed by atoms with Crippen LogP contribution in [-0.4, -0.2) is 30.0 Å². The number of hydrogen-bond donors (Lipinski definition) is 1. The van der Waals surface area contributed by atoms with Gasteiger partial charge in [-0.2, -0.15) is 0 Å². The van der Waals surface area contributed by atoms with E-state index in [-0.39, 0.29) is 17.0 Å². The van der Waals surface area contributed by atoms with Crippen LogP contribution in [0.4, 0.5) is 0 Å². The molecule has 1 saturated carbocycles. The summed E-state index contributed by atoms with van der Waals surface area (Å²) in [6.45, 7) is 0.466. The third-order valence-corrected chi connectivity index (χ3v) is 3.67. The molecule has 2 rings (SSSR count). The van der Waals surface area contributed by atoms with Gasteiger partial charge in [0, 0.05) is 6.04 Å². The van der Waals surface area contributed by atoms with E-state index in [0.29, 0.717) is 6.61 Å². The molecule has 1 aliphatic carbocycles. The van der Waals surface area contributed by atoms with Crippen LogP contribution in [0, 0.1) is 0 Å². The van der Waals surface area contributed by atoms with Crippen LogP contribution in [0.1, 0.15) is 25.7 Å². The van der Waals surface area contributed by atoms with Crippen LogP contribution in [-0.2, 0) is 14.6 Å². The van der Waals surface area contributed by atoms with Crippen LogP contribution in [0.15, 0.2) is 0 Å². The summed E-state index contributed by atoms with van der Waals surface area (Å²) in [7, 11) is 0. The number of carbonyl (C=O) groups is 1. The van der Waals surface area contributed by atoms with E-state index in [1.54, 1.807) is 0 Å². The Morgan fingerprint density at radius 2 is 2.14 bits per heavy atom. The smallest absolute Gasteiger partial charge is 0.207 e. The van der Waals surface area contributed by atoms with Crippen LogP contribution < -0.4 is 5.32 Å². The maximum absolute atomic E-state index is 10.3. The SMILES string of the molecule is O=CNC1CCC2(CC1)OOCC2Cl. The van der Waals surface area contributed by atoms with Gasteiger partial charge < -0.3 is 5.32 Å². The van der Waals surface area contributed by atoms with E-state index in [1.807, 2.05) is 0 Å². The van der Waals surface area contributed by atoms with E-state index in [1.165, 1.54) is 0 Å². The Balaban J connectivity index is 1.91. The number of nitrogens with one attached hydrogen (secondary N) is 1. The van der Waals surface area contributed by atoms with Crippen molar-refractivity contribution in [3.8, 4) is 0 Å². The summed E-state index contributed by atoms with van der Waals surface area (Å²) >= 11 is 6.13. The minimum atomic E-state index is -0.303. The molecule has 1 aliphatic heterocycles. The highest BCUT2D eigenvalue weighted by Gasteiger charge is 2.47. The second-order valence-electron chi connectivity index (χ2n) is 3.96. The molecular formula is C9H14ClNO3. The van der Waals surface area contributed by atoms with Gasteiger partial charge in [-0.25, -0.2) is 9.78 Å². The van der Waals surface area contributed by atoms with Crippen molar-refractivity contribution in [2.75, 3.05) is 6.61 Å². The summed E-state index contributed by atoms with van der Waals surface area (Å²) in [5.41, 5.74) is -0.303. The summed E-state index contributed by atoms with van der Waals surface area (Å²) in [5.74, 6) is 0. The number of carbonyl (C=O) groups excluding carboxylic acids is 1. The zero-order valence-corrected chi connectivity index (χ0v) is 8.63. The number of amides is 1. The molecule has 0 aromatic rings. The molecule has 4 nitrogen and oxygen atoms in total. The van der Waals surface area contributed by atoms with E-state index in [9.17, 15) is 4.79 Å². The largest absolute Gasteiger partial charge is 0.356 e. The fourth-order valence-electron chi connectivity index (χ4n) is 2.18. The average molecular weight is 220 g/mol. The molecule has 0 aromatic carbocycles. The third kappa shape index (κ3) is 1.74. The predicted octanol–water partition coefficient (Wildman–Crippen LogP) is 0.983. The summed E-state index contributed by atoms with van der Waals surface area (Å²) in [4.78, 5) is 20.5. The van der Waals surface area contributed by atoms with Crippen molar-refractivity contribution in [2.24, 2.45) is 0 Å². The fourth-order valence-corrected chi connectivity index (χ4v) is 2.49. The molecule has 1 amide bonds. The first-order valence-corrected chi connectivity index (χ1v) is 5.35. The molecule has 2 fully saturated rings. The zero-order valence-electron chi connectivity index (χ0n) is 7.87. The Hall–Kier alpha value is -0.320. The minimum Gasteiger partial charge on any atom is -0.356 e. The Morgan fingerprint density at radius 3 is 2.64 bits per heavy atom. The molecule has 0 aromatic heterocycles. The van der Waals surface area contributed by atoms with Crippen molar-refractivity contribution >= 4 is 18.0 Å². The third-order valence-electron chi connectivity index (χ3n) is 3.15. The molecule has 1 N–H and O–H groups in total. The lowest BCUT2D eigenvalue weighted by atomic mass is 9.80. The van der Waals surface area contributed by atoms with Gasteiger partial charge in [0.15, 0.2) is 0 Å². The van der Waals surface area contributed by atoms with Crippen LogP contribution in [0.5, 0.6) is 0 Å². The van der Waals surface area contributed by atoms with Crippen LogP contribution in [0.2, 0.25) is 0 Å². The lowest BCUT2D eigenvalue weighted by Gasteiger charge is -2.35. The van der Waals surface area contributed by atoms with Gasteiger partial charge >= 0.3 is 0 Å². The molecule has 1 unspecified atom stereocenters. The van der Waals surface area contributed by atoms with Gasteiger partial charge in [-0.15, -0.1) is 11.6 Å². The molecule has 5 heteroatoms. The van der Waals surface area contributed by atoms with E-state index < -0.39 is 0 Å². The first-order valence-electron chi connectivity index (χ1n) is 4.91. The number of alkyl halides is 1. The summed E-state index contributed by atoms with van der Waals surface area (Å²) in [6.07, 6.45) is 4.28. The summed E-state index contributed by atoms with van der Waals surface area (Å²) in [5, 5.41) is 2.73. The topological polar surface area (TPSA) is 47.6 Å². The van der Waals surface area contributed by atoms with Gasteiger partial charge in [0.1, 0.15) is 12.2 Å². The molecule has 1 saturated heterocycles. The normalized spacial score (nSPS) is 42.6. The van der Waals surface area contributed by atoms with Gasteiger partial charge in [-0.05, 0) is 25.7 Å². The van der Waals surface area contributed by atoms with Crippen molar-refractivity contribution < 1.29 is 14.6 Å². The highest BCUT2D eigenvalue weighted by atomic mass is 35.5. The molecule has 14 heavy (non-hydrogen) atoms. The first-order chi connectivity index (χ1) is 6.77. The standard InChI is InChI=1S/C9H14ClNO3/c10-8-5-13-14-9(8)3-1-7(2-4-9)11-6-12/h6-8H,1-5H2,(H,11,12). The molecule has 0 bridgehead atoms.